The lowest BCUT2D eigenvalue weighted by atomic mass is 9.95. The first kappa shape index (κ1) is 17.9. The van der Waals surface area contributed by atoms with E-state index in [4.69, 9.17) is 4.74 Å². The van der Waals surface area contributed by atoms with E-state index in [2.05, 4.69) is 15.5 Å². The number of nitrogens with zero attached hydrogens (tertiary/aromatic N) is 1. The van der Waals surface area contributed by atoms with Gasteiger partial charge >= 0.3 is 0 Å². The van der Waals surface area contributed by atoms with Crippen molar-refractivity contribution < 1.29 is 14.3 Å². The summed E-state index contributed by atoms with van der Waals surface area (Å²) in [5.41, 5.74) is 1.25. The average Bonchev–Trinajstić information content (AvgIpc) is 2.63. The Kier molecular flexibility index (Phi) is 6.42. The van der Waals surface area contributed by atoms with Gasteiger partial charge in [-0.3, -0.25) is 14.5 Å². The number of carbonyl (C=O) groups excluding carboxylic acids is 2. The number of nitrogens with one attached hydrogen (secondary N) is 2. The van der Waals surface area contributed by atoms with Gasteiger partial charge in [0.2, 0.25) is 5.91 Å². The first-order valence-corrected chi connectivity index (χ1v) is 9.21. The summed E-state index contributed by atoms with van der Waals surface area (Å²) in [6.45, 7) is 3.24. The smallest absolute Gasteiger partial charge is 0.251 e. The van der Waals surface area contributed by atoms with Gasteiger partial charge in [-0.2, -0.15) is 0 Å². The highest BCUT2D eigenvalue weighted by Gasteiger charge is 2.17. The number of benzene rings is 1. The van der Waals surface area contributed by atoms with Gasteiger partial charge in [0.05, 0.1) is 19.8 Å². The molecular formula is C19H27N3O3. The van der Waals surface area contributed by atoms with E-state index < -0.39 is 0 Å². The zero-order valence-electron chi connectivity index (χ0n) is 14.6. The van der Waals surface area contributed by atoms with Gasteiger partial charge in [-0.15, -0.1) is 0 Å². The van der Waals surface area contributed by atoms with Gasteiger partial charge < -0.3 is 15.4 Å². The quantitative estimate of drug-likeness (QED) is 0.856. The fourth-order valence-corrected chi connectivity index (χ4v) is 3.42. The second kappa shape index (κ2) is 8.97. The molecule has 2 N–H and O–H groups in total. The van der Waals surface area contributed by atoms with Crippen LogP contribution in [0.2, 0.25) is 0 Å². The van der Waals surface area contributed by atoms with E-state index in [0.29, 0.717) is 31.0 Å². The number of anilines is 1. The number of carbonyl (C=O) groups is 2. The molecule has 1 aromatic carbocycles. The molecule has 1 aliphatic heterocycles. The molecule has 3 rings (SSSR count). The first-order chi connectivity index (χ1) is 12.2. The normalized spacial score (nSPS) is 19.4. The van der Waals surface area contributed by atoms with Crippen LogP contribution >= 0.6 is 0 Å². The summed E-state index contributed by atoms with van der Waals surface area (Å²) in [5, 5.41) is 5.99. The Morgan fingerprint density at radius 1 is 1.12 bits per heavy atom. The van der Waals surface area contributed by atoms with E-state index in [-0.39, 0.29) is 17.9 Å². The molecule has 0 unspecified atom stereocenters. The van der Waals surface area contributed by atoms with Crippen molar-refractivity contribution in [2.45, 2.75) is 38.1 Å². The minimum absolute atomic E-state index is 0.0591. The van der Waals surface area contributed by atoms with Gasteiger partial charge in [-0.1, -0.05) is 25.3 Å². The molecule has 1 saturated carbocycles. The van der Waals surface area contributed by atoms with E-state index in [0.717, 1.165) is 25.9 Å². The van der Waals surface area contributed by atoms with E-state index in [9.17, 15) is 9.59 Å². The molecule has 1 aliphatic carbocycles. The molecule has 2 amide bonds. The molecule has 6 heteroatoms. The molecule has 2 aliphatic rings. The summed E-state index contributed by atoms with van der Waals surface area (Å²) >= 11 is 0. The molecule has 0 radical (unpaired) electrons. The van der Waals surface area contributed by atoms with Crippen molar-refractivity contribution in [3.8, 4) is 0 Å². The molecule has 136 valence electrons. The van der Waals surface area contributed by atoms with Crippen LogP contribution < -0.4 is 10.6 Å². The summed E-state index contributed by atoms with van der Waals surface area (Å²) in [4.78, 5) is 26.7. The predicted molar refractivity (Wildman–Crippen MR) is 96.7 cm³/mol. The molecule has 1 aromatic rings. The van der Waals surface area contributed by atoms with Gasteiger partial charge in [0.1, 0.15) is 0 Å². The standard InChI is InChI=1S/C19H27N3O3/c23-18(14-22-9-11-25-12-10-22)20-17-8-4-5-15(13-17)19(24)21-16-6-2-1-3-7-16/h4-5,8,13,16H,1-3,6-7,9-12,14H2,(H,20,23)(H,21,24). The number of hydrogen-bond acceptors (Lipinski definition) is 4. The number of ether oxygens (including phenoxy) is 1. The van der Waals surface area contributed by atoms with E-state index in [1.54, 1.807) is 18.2 Å². The topological polar surface area (TPSA) is 70.7 Å². The molecule has 1 heterocycles. The monoisotopic (exact) mass is 345 g/mol. The molecule has 0 bridgehead atoms. The van der Waals surface area contributed by atoms with Crippen LogP contribution in [0.25, 0.3) is 0 Å². The van der Waals surface area contributed by atoms with Crippen LogP contribution in [-0.4, -0.2) is 55.6 Å². The Bertz CT molecular complexity index is 593. The summed E-state index contributed by atoms with van der Waals surface area (Å²) < 4.78 is 5.29. The number of morpholine rings is 1. The van der Waals surface area contributed by atoms with Crippen LogP contribution in [0.4, 0.5) is 5.69 Å². The largest absolute Gasteiger partial charge is 0.379 e. The Morgan fingerprint density at radius 3 is 2.64 bits per heavy atom. The van der Waals surface area contributed by atoms with Gasteiger partial charge in [-0.25, -0.2) is 0 Å². The van der Waals surface area contributed by atoms with Gasteiger partial charge in [0.25, 0.3) is 5.91 Å². The Hall–Kier alpha value is -1.92. The highest BCUT2D eigenvalue weighted by molar-refractivity contribution is 5.97. The Morgan fingerprint density at radius 2 is 1.88 bits per heavy atom. The Labute approximate surface area is 148 Å². The lowest BCUT2D eigenvalue weighted by Gasteiger charge is -2.25. The van der Waals surface area contributed by atoms with Crippen LogP contribution in [0, 0.1) is 0 Å². The molecule has 6 nitrogen and oxygen atoms in total. The highest BCUT2D eigenvalue weighted by Crippen LogP contribution is 2.18. The molecule has 2 fully saturated rings. The van der Waals surface area contributed by atoms with E-state index in [1.165, 1.54) is 19.3 Å². The van der Waals surface area contributed by atoms with Crippen LogP contribution in [0.15, 0.2) is 24.3 Å². The van der Waals surface area contributed by atoms with Crippen LogP contribution in [-0.2, 0) is 9.53 Å². The van der Waals surface area contributed by atoms with Crippen molar-refractivity contribution in [2.75, 3.05) is 38.2 Å². The molecule has 0 aromatic heterocycles. The molecule has 25 heavy (non-hydrogen) atoms. The predicted octanol–water partition coefficient (Wildman–Crippen LogP) is 2.02. The fraction of sp³-hybridized carbons (Fsp3) is 0.579. The highest BCUT2D eigenvalue weighted by atomic mass is 16.5. The minimum Gasteiger partial charge on any atom is -0.379 e. The third-order valence-electron chi connectivity index (χ3n) is 4.82. The van der Waals surface area contributed by atoms with Crippen molar-refractivity contribution in [3.63, 3.8) is 0 Å². The van der Waals surface area contributed by atoms with E-state index in [1.807, 2.05) is 6.07 Å². The maximum atomic E-state index is 12.4. The van der Waals surface area contributed by atoms with Crippen LogP contribution in [0.5, 0.6) is 0 Å². The first-order valence-electron chi connectivity index (χ1n) is 9.21. The SMILES string of the molecule is O=C(CN1CCOCC1)Nc1cccc(C(=O)NC2CCCCC2)c1. The maximum Gasteiger partial charge on any atom is 0.251 e. The zero-order valence-corrected chi connectivity index (χ0v) is 14.6. The lowest BCUT2D eigenvalue weighted by Crippen LogP contribution is -2.41. The van der Waals surface area contributed by atoms with Gasteiger partial charge in [-0.05, 0) is 31.0 Å². The lowest BCUT2D eigenvalue weighted by molar-refractivity contribution is -0.118. The second-order valence-electron chi connectivity index (χ2n) is 6.83. The number of hydrogen-bond donors (Lipinski definition) is 2. The third kappa shape index (κ3) is 5.54. The van der Waals surface area contributed by atoms with Crippen molar-refractivity contribution in [3.05, 3.63) is 29.8 Å². The minimum atomic E-state index is -0.0632. The van der Waals surface area contributed by atoms with Gasteiger partial charge in [0, 0.05) is 30.4 Å². The van der Waals surface area contributed by atoms with Crippen molar-refractivity contribution in [1.82, 2.24) is 10.2 Å². The summed E-state index contributed by atoms with van der Waals surface area (Å²) in [5.74, 6) is -0.122. The molecule has 0 atom stereocenters. The van der Waals surface area contributed by atoms with Crippen molar-refractivity contribution >= 4 is 17.5 Å². The van der Waals surface area contributed by atoms with Gasteiger partial charge in [0.15, 0.2) is 0 Å². The zero-order chi connectivity index (χ0) is 17.5. The molecular weight excluding hydrogens is 318 g/mol. The average molecular weight is 345 g/mol. The summed E-state index contributed by atoms with van der Waals surface area (Å²) in [6.07, 6.45) is 5.74. The fourth-order valence-electron chi connectivity index (χ4n) is 3.42. The number of rotatable bonds is 5. The molecule has 0 spiro atoms. The third-order valence-corrected chi connectivity index (χ3v) is 4.82. The second-order valence-corrected chi connectivity index (χ2v) is 6.83. The maximum absolute atomic E-state index is 12.4. The number of amides is 2. The van der Waals surface area contributed by atoms with Crippen molar-refractivity contribution in [2.24, 2.45) is 0 Å². The van der Waals surface area contributed by atoms with Crippen LogP contribution in [0.3, 0.4) is 0 Å². The summed E-state index contributed by atoms with van der Waals surface area (Å²) in [7, 11) is 0. The van der Waals surface area contributed by atoms with E-state index >= 15 is 0 Å². The van der Waals surface area contributed by atoms with Crippen molar-refractivity contribution in [1.29, 1.82) is 0 Å². The summed E-state index contributed by atoms with van der Waals surface area (Å²) in [6, 6.07) is 7.43. The molecule has 1 saturated heterocycles. The Balaban J connectivity index is 1.53. The van der Waals surface area contributed by atoms with Crippen LogP contribution in [0.1, 0.15) is 42.5 Å².